The predicted octanol–water partition coefficient (Wildman–Crippen LogP) is 5.77. The van der Waals surface area contributed by atoms with Gasteiger partial charge in [-0.3, -0.25) is 4.79 Å². The molecule has 0 aromatic heterocycles. The van der Waals surface area contributed by atoms with Gasteiger partial charge in [-0.2, -0.15) is 5.26 Å². The van der Waals surface area contributed by atoms with Gasteiger partial charge >= 0.3 is 0 Å². The van der Waals surface area contributed by atoms with E-state index in [1.165, 1.54) is 6.08 Å². The fourth-order valence-electron chi connectivity index (χ4n) is 2.70. The monoisotopic (exact) mass is 402 g/mol. The Balaban J connectivity index is 1.77. The van der Waals surface area contributed by atoms with Gasteiger partial charge in [0.1, 0.15) is 24.0 Å². The molecule has 3 rings (SSSR count). The lowest BCUT2D eigenvalue weighted by molar-refractivity contribution is -0.112. The van der Waals surface area contributed by atoms with Gasteiger partial charge in [-0.25, -0.2) is 0 Å². The van der Waals surface area contributed by atoms with Crippen LogP contribution in [0.3, 0.4) is 0 Å². The summed E-state index contributed by atoms with van der Waals surface area (Å²) in [6.45, 7) is 2.28. The van der Waals surface area contributed by atoms with Crippen molar-refractivity contribution in [2.24, 2.45) is 0 Å². The SMILES string of the molecule is Cc1cccc(NC(=O)/C(C#N)=C/c2ccccc2OCc2ccc(Cl)cc2)c1. The molecule has 3 aromatic carbocycles. The zero-order valence-corrected chi connectivity index (χ0v) is 16.6. The second kappa shape index (κ2) is 9.59. The van der Waals surface area contributed by atoms with E-state index in [-0.39, 0.29) is 5.57 Å². The van der Waals surface area contributed by atoms with Crippen LogP contribution < -0.4 is 10.1 Å². The van der Waals surface area contributed by atoms with Gasteiger partial charge in [-0.05, 0) is 54.5 Å². The summed E-state index contributed by atoms with van der Waals surface area (Å²) >= 11 is 5.91. The number of aryl methyl sites for hydroxylation is 1. The molecule has 4 nitrogen and oxygen atoms in total. The molecular formula is C24H19ClN2O2. The lowest BCUT2D eigenvalue weighted by Gasteiger charge is -2.10. The minimum atomic E-state index is -0.467. The van der Waals surface area contributed by atoms with Crippen LogP contribution in [0.1, 0.15) is 16.7 Å². The summed E-state index contributed by atoms with van der Waals surface area (Å²) < 4.78 is 5.89. The van der Waals surface area contributed by atoms with Crippen molar-refractivity contribution < 1.29 is 9.53 Å². The van der Waals surface area contributed by atoms with Crippen molar-refractivity contribution in [2.75, 3.05) is 5.32 Å². The van der Waals surface area contributed by atoms with Gasteiger partial charge in [0.25, 0.3) is 5.91 Å². The number of hydrogen-bond acceptors (Lipinski definition) is 3. The number of nitrogens with one attached hydrogen (secondary N) is 1. The number of nitriles is 1. The average molecular weight is 403 g/mol. The van der Waals surface area contributed by atoms with Crippen molar-refractivity contribution in [3.8, 4) is 11.8 Å². The average Bonchev–Trinajstić information content (AvgIpc) is 2.72. The molecule has 0 radical (unpaired) electrons. The van der Waals surface area contributed by atoms with Gasteiger partial charge in [0.05, 0.1) is 0 Å². The summed E-state index contributed by atoms with van der Waals surface area (Å²) in [6.07, 6.45) is 1.53. The van der Waals surface area contributed by atoms with E-state index in [4.69, 9.17) is 16.3 Å². The molecule has 0 atom stereocenters. The molecule has 1 amide bonds. The van der Waals surface area contributed by atoms with Crippen LogP contribution in [0.25, 0.3) is 6.08 Å². The van der Waals surface area contributed by atoms with Crippen LogP contribution in [0, 0.1) is 18.3 Å². The molecule has 3 aromatic rings. The molecule has 0 aliphatic carbocycles. The maximum absolute atomic E-state index is 12.5. The Kier molecular flexibility index (Phi) is 6.67. The molecule has 0 saturated carbocycles. The van der Waals surface area contributed by atoms with E-state index < -0.39 is 5.91 Å². The third kappa shape index (κ3) is 5.71. The van der Waals surface area contributed by atoms with Crippen molar-refractivity contribution >= 4 is 29.3 Å². The number of hydrogen-bond donors (Lipinski definition) is 1. The molecule has 0 fully saturated rings. The van der Waals surface area contributed by atoms with Crippen LogP contribution >= 0.6 is 11.6 Å². The van der Waals surface area contributed by atoms with E-state index in [0.717, 1.165) is 11.1 Å². The van der Waals surface area contributed by atoms with Crippen LogP contribution in [0.4, 0.5) is 5.69 Å². The van der Waals surface area contributed by atoms with Crippen LogP contribution in [-0.4, -0.2) is 5.91 Å². The number of carbonyl (C=O) groups is 1. The number of anilines is 1. The number of benzene rings is 3. The standard InChI is InChI=1S/C24H19ClN2O2/c1-17-5-4-7-22(13-17)27-24(28)20(15-26)14-19-6-2-3-8-23(19)29-16-18-9-11-21(25)12-10-18/h2-14H,16H2,1H3,(H,27,28)/b20-14+. The van der Waals surface area contributed by atoms with Crippen LogP contribution in [0.2, 0.25) is 5.02 Å². The summed E-state index contributed by atoms with van der Waals surface area (Å²) in [7, 11) is 0. The summed E-state index contributed by atoms with van der Waals surface area (Å²) in [4.78, 5) is 12.5. The van der Waals surface area contributed by atoms with Gasteiger partial charge in [0, 0.05) is 16.3 Å². The zero-order chi connectivity index (χ0) is 20.6. The third-order valence-corrected chi connectivity index (χ3v) is 4.42. The van der Waals surface area contributed by atoms with Gasteiger partial charge in [-0.1, -0.05) is 54.1 Å². The lowest BCUT2D eigenvalue weighted by atomic mass is 10.1. The minimum Gasteiger partial charge on any atom is -0.488 e. The second-order valence-corrected chi connectivity index (χ2v) is 6.88. The number of halogens is 1. The Labute approximate surface area is 175 Å². The fraction of sp³-hybridized carbons (Fsp3) is 0.0833. The van der Waals surface area contributed by atoms with Crippen molar-refractivity contribution in [3.05, 3.63) is 100 Å². The van der Waals surface area contributed by atoms with Gasteiger partial charge < -0.3 is 10.1 Å². The van der Waals surface area contributed by atoms with E-state index in [0.29, 0.717) is 28.6 Å². The second-order valence-electron chi connectivity index (χ2n) is 6.45. The zero-order valence-electron chi connectivity index (χ0n) is 15.9. The Bertz CT molecular complexity index is 1080. The van der Waals surface area contributed by atoms with Crippen molar-refractivity contribution in [1.82, 2.24) is 0 Å². The molecule has 1 N–H and O–H groups in total. The molecule has 144 valence electrons. The summed E-state index contributed by atoms with van der Waals surface area (Å²) in [6, 6.07) is 24.0. The molecule has 0 bridgehead atoms. The molecule has 0 aliphatic heterocycles. The Morgan fingerprint density at radius 1 is 1.10 bits per heavy atom. The van der Waals surface area contributed by atoms with E-state index in [9.17, 15) is 10.1 Å². The van der Waals surface area contributed by atoms with E-state index >= 15 is 0 Å². The van der Waals surface area contributed by atoms with E-state index in [2.05, 4.69) is 5.32 Å². The highest BCUT2D eigenvalue weighted by molar-refractivity contribution is 6.30. The van der Waals surface area contributed by atoms with Gasteiger partial charge in [0.2, 0.25) is 0 Å². The van der Waals surface area contributed by atoms with Crippen LogP contribution in [0.15, 0.2) is 78.4 Å². The first-order valence-corrected chi connectivity index (χ1v) is 9.39. The normalized spacial score (nSPS) is 10.9. The first kappa shape index (κ1) is 20.2. The molecule has 5 heteroatoms. The highest BCUT2D eigenvalue weighted by atomic mass is 35.5. The van der Waals surface area contributed by atoms with Crippen molar-refractivity contribution in [2.45, 2.75) is 13.5 Å². The van der Waals surface area contributed by atoms with Gasteiger partial charge in [0.15, 0.2) is 0 Å². The highest BCUT2D eigenvalue weighted by Crippen LogP contribution is 2.23. The fourth-order valence-corrected chi connectivity index (χ4v) is 2.82. The Hall–Kier alpha value is -3.55. The molecule has 29 heavy (non-hydrogen) atoms. The van der Waals surface area contributed by atoms with Crippen LogP contribution in [-0.2, 0) is 11.4 Å². The van der Waals surface area contributed by atoms with Gasteiger partial charge in [-0.15, -0.1) is 0 Å². The molecule has 0 saturated heterocycles. The quantitative estimate of drug-likeness (QED) is 0.420. The lowest BCUT2D eigenvalue weighted by Crippen LogP contribution is -2.13. The molecule has 0 spiro atoms. The summed E-state index contributed by atoms with van der Waals surface area (Å²) in [5.74, 6) is 0.115. The molecule has 0 heterocycles. The third-order valence-electron chi connectivity index (χ3n) is 4.17. The number of para-hydroxylation sites is 1. The maximum atomic E-state index is 12.5. The van der Waals surface area contributed by atoms with Crippen molar-refractivity contribution in [1.29, 1.82) is 5.26 Å². The maximum Gasteiger partial charge on any atom is 0.266 e. The topological polar surface area (TPSA) is 62.1 Å². The summed E-state index contributed by atoms with van der Waals surface area (Å²) in [5.41, 5.74) is 3.27. The largest absolute Gasteiger partial charge is 0.488 e. The summed E-state index contributed by atoms with van der Waals surface area (Å²) in [5, 5.41) is 12.9. The molecular weight excluding hydrogens is 384 g/mol. The highest BCUT2D eigenvalue weighted by Gasteiger charge is 2.11. The minimum absolute atomic E-state index is 0.00551. The number of carbonyl (C=O) groups excluding carboxylic acids is 1. The predicted molar refractivity (Wildman–Crippen MR) is 116 cm³/mol. The number of ether oxygens (including phenoxy) is 1. The Morgan fingerprint density at radius 2 is 1.86 bits per heavy atom. The number of nitrogens with zero attached hydrogens (tertiary/aromatic N) is 1. The van der Waals surface area contributed by atoms with Crippen molar-refractivity contribution in [3.63, 3.8) is 0 Å². The number of rotatable bonds is 6. The smallest absolute Gasteiger partial charge is 0.266 e. The molecule has 0 aliphatic rings. The van der Waals surface area contributed by atoms with E-state index in [1.807, 2.05) is 55.5 Å². The Morgan fingerprint density at radius 3 is 2.59 bits per heavy atom. The van der Waals surface area contributed by atoms with E-state index in [1.54, 1.807) is 30.3 Å². The number of amides is 1. The first-order chi connectivity index (χ1) is 14.0. The van der Waals surface area contributed by atoms with Crippen LogP contribution in [0.5, 0.6) is 5.75 Å². The first-order valence-electron chi connectivity index (χ1n) is 9.01. The molecule has 0 unspecified atom stereocenters.